The number of aromatic nitrogens is 3. The summed E-state index contributed by atoms with van der Waals surface area (Å²) in [7, 11) is 1.81. The van der Waals surface area contributed by atoms with Crippen molar-refractivity contribution in [3.8, 4) is 10.6 Å². The van der Waals surface area contributed by atoms with E-state index in [1.54, 1.807) is 35.1 Å². The predicted molar refractivity (Wildman–Crippen MR) is 97.7 cm³/mol. The molecule has 0 radical (unpaired) electrons. The number of hydrogen-bond acceptors (Lipinski definition) is 6. The second-order valence-electron chi connectivity index (χ2n) is 5.28. The maximum atomic E-state index is 12.5. The lowest BCUT2D eigenvalue weighted by molar-refractivity contribution is -0.124. The van der Waals surface area contributed by atoms with Gasteiger partial charge in [0.25, 0.3) is 11.8 Å². The standard InChI is InChI=1S/C17H15N5O3S/c1-22-10-12(8-19-22)17-18-9-14(26-17)16(24)20-13-5-3-2-4-11(13)6-7-15(23)21-25/h2-10,25H,1H3,(H,20,24)(H,21,23)/b7-6+. The van der Waals surface area contributed by atoms with Gasteiger partial charge in [-0.15, -0.1) is 11.3 Å². The fraction of sp³-hybridized carbons (Fsp3) is 0.0588. The minimum absolute atomic E-state index is 0.301. The van der Waals surface area contributed by atoms with Crippen molar-refractivity contribution in [1.82, 2.24) is 20.2 Å². The third kappa shape index (κ3) is 4.02. The van der Waals surface area contributed by atoms with Crippen LogP contribution in [0.2, 0.25) is 0 Å². The Kier molecular flexibility index (Phi) is 5.20. The molecule has 2 amide bonds. The van der Waals surface area contributed by atoms with Crippen LogP contribution in [0.1, 0.15) is 15.2 Å². The van der Waals surface area contributed by atoms with Crippen LogP contribution < -0.4 is 10.8 Å². The highest BCUT2D eigenvalue weighted by molar-refractivity contribution is 7.17. The molecular weight excluding hydrogens is 354 g/mol. The molecule has 0 spiro atoms. The molecule has 9 heteroatoms. The van der Waals surface area contributed by atoms with Gasteiger partial charge in [-0.2, -0.15) is 5.10 Å². The number of hydroxylamine groups is 1. The smallest absolute Gasteiger partial charge is 0.267 e. The van der Waals surface area contributed by atoms with Crippen molar-refractivity contribution in [3.05, 3.63) is 59.4 Å². The largest absolute Gasteiger partial charge is 0.321 e. The van der Waals surface area contributed by atoms with Crippen LogP contribution in [-0.4, -0.2) is 31.8 Å². The normalized spacial score (nSPS) is 10.8. The van der Waals surface area contributed by atoms with Gasteiger partial charge in [0.05, 0.1) is 12.4 Å². The Hall–Kier alpha value is -3.30. The maximum absolute atomic E-state index is 12.5. The molecule has 0 aliphatic heterocycles. The van der Waals surface area contributed by atoms with E-state index in [9.17, 15) is 9.59 Å². The molecule has 0 aliphatic carbocycles. The van der Waals surface area contributed by atoms with E-state index in [1.165, 1.54) is 29.1 Å². The van der Waals surface area contributed by atoms with Crippen LogP contribution in [0.25, 0.3) is 16.6 Å². The molecule has 3 N–H and O–H groups in total. The van der Waals surface area contributed by atoms with E-state index in [-0.39, 0.29) is 5.91 Å². The van der Waals surface area contributed by atoms with Gasteiger partial charge in [-0.05, 0) is 17.7 Å². The van der Waals surface area contributed by atoms with Gasteiger partial charge in [0.15, 0.2) is 0 Å². The number of nitrogens with one attached hydrogen (secondary N) is 2. The van der Waals surface area contributed by atoms with Crippen LogP contribution in [0.3, 0.4) is 0 Å². The molecule has 2 heterocycles. The fourth-order valence-corrected chi connectivity index (χ4v) is 2.97. The number of nitrogens with zero attached hydrogens (tertiary/aromatic N) is 3. The third-order valence-corrected chi connectivity index (χ3v) is 4.46. The first-order valence-electron chi connectivity index (χ1n) is 7.54. The van der Waals surface area contributed by atoms with Crippen LogP contribution in [0.4, 0.5) is 5.69 Å². The topological polar surface area (TPSA) is 109 Å². The maximum Gasteiger partial charge on any atom is 0.267 e. The highest BCUT2D eigenvalue weighted by atomic mass is 32.1. The van der Waals surface area contributed by atoms with Crippen molar-refractivity contribution in [2.45, 2.75) is 0 Å². The van der Waals surface area contributed by atoms with Gasteiger partial charge in [0, 0.05) is 30.6 Å². The molecule has 132 valence electrons. The summed E-state index contributed by atoms with van der Waals surface area (Å²) in [5.74, 6) is -0.959. The molecule has 1 aromatic carbocycles. The predicted octanol–water partition coefficient (Wildman–Crippen LogP) is 2.31. The minimum atomic E-state index is -0.658. The lowest BCUT2D eigenvalue weighted by Gasteiger charge is -2.07. The van der Waals surface area contributed by atoms with Gasteiger partial charge in [-0.25, -0.2) is 10.5 Å². The third-order valence-electron chi connectivity index (χ3n) is 3.41. The van der Waals surface area contributed by atoms with Crippen molar-refractivity contribution < 1.29 is 14.8 Å². The summed E-state index contributed by atoms with van der Waals surface area (Å²) in [6.07, 6.45) is 7.69. The van der Waals surface area contributed by atoms with Gasteiger partial charge in [0.1, 0.15) is 9.88 Å². The quantitative estimate of drug-likeness (QED) is 0.363. The number of rotatable bonds is 5. The number of carbonyl (C=O) groups is 2. The SMILES string of the molecule is Cn1cc(-c2ncc(C(=O)Nc3ccccc3/C=C/C(=O)NO)s2)cn1. The summed E-state index contributed by atoms with van der Waals surface area (Å²) in [6.45, 7) is 0. The zero-order valence-electron chi connectivity index (χ0n) is 13.7. The van der Waals surface area contributed by atoms with Crippen LogP contribution in [-0.2, 0) is 11.8 Å². The Morgan fingerprint density at radius 2 is 2.08 bits per heavy atom. The average Bonchev–Trinajstić information content (AvgIpc) is 3.29. The number of para-hydroxylation sites is 1. The summed E-state index contributed by atoms with van der Waals surface area (Å²) >= 11 is 1.26. The van der Waals surface area contributed by atoms with Gasteiger partial charge in [-0.1, -0.05) is 18.2 Å². The summed E-state index contributed by atoms with van der Waals surface area (Å²) in [4.78, 5) is 28.4. The monoisotopic (exact) mass is 369 g/mol. The molecule has 2 aromatic heterocycles. The first-order valence-corrected chi connectivity index (χ1v) is 8.36. The average molecular weight is 369 g/mol. The van der Waals surface area contributed by atoms with Crippen LogP contribution in [0.15, 0.2) is 48.9 Å². The Morgan fingerprint density at radius 1 is 1.27 bits per heavy atom. The van der Waals surface area contributed by atoms with E-state index in [0.717, 1.165) is 11.6 Å². The lowest BCUT2D eigenvalue weighted by Crippen LogP contribution is -2.15. The second-order valence-corrected chi connectivity index (χ2v) is 6.31. The van der Waals surface area contributed by atoms with E-state index < -0.39 is 5.91 Å². The Labute approximate surface area is 152 Å². The number of amides is 2. The Morgan fingerprint density at radius 3 is 2.81 bits per heavy atom. The van der Waals surface area contributed by atoms with Crippen LogP contribution in [0, 0.1) is 0 Å². The molecule has 26 heavy (non-hydrogen) atoms. The highest BCUT2D eigenvalue weighted by Crippen LogP contribution is 2.26. The molecule has 0 saturated heterocycles. The van der Waals surface area contributed by atoms with Crippen molar-refractivity contribution in [2.75, 3.05) is 5.32 Å². The molecule has 3 rings (SSSR count). The lowest BCUT2D eigenvalue weighted by atomic mass is 10.1. The van der Waals surface area contributed by atoms with E-state index in [1.807, 2.05) is 13.2 Å². The summed E-state index contributed by atoms with van der Waals surface area (Å²) in [5, 5.41) is 16.1. The molecule has 0 unspecified atom stereocenters. The van der Waals surface area contributed by atoms with Gasteiger partial charge >= 0.3 is 0 Å². The Bertz CT molecular complexity index is 976. The summed E-state index contributed by atoms with van der Waals surface area (Å²) < 4.78 is 1.67. The molecule has 0 fully saturated rings. The van der Waals surface area contributed by atoms with Gasteiger partial charge < -0.3 is 5.32 Å². The van der Waals surface area contributed by atoms with Crippen LogP contribution in [0.5, 0.6) is 0 Å². The number of thiazole rings is 1. The van der Waals surface area contributed by atoms with E-state index >= 15 is 0 Å². The minimum Gasteiger partial charge on any atom is -0.321 e. The first-order chi connectivity index (χ1) is 12.6. The van der Waals surface area contributed by atoms with Crippen molar-refractivity contribution >= 4 is 34.9 Å². The number of aryl methyl sites for hydroxylation is 1. The molecule has 8 nitrogen and oxygen atoms in total. The molecule has 0 atom stereocenters. The van der Waals surface area contributed by atoms with Crippen molar-refractivity contribution in [2.24, 2.45) is 7.05 Å². The van der Waals surface area contributed by atoms with Gasteiger partial charge in [0.2, 0.25) is 0 Å². The first kappa shape index (κ1) is 17.5. The van der Waals surface area contributed by atoms with Crippen molar-refractivity contribution in [3.63, 3.8) is 0 Å². The molecule has 0 aliphatic rings. The molecule has 0 saturated carbocycles. The number of benzene rings is 1. The van der Waals surface area contributed by atoms with E-state index in [2.05, 4.69) is 15.4 Å². The zero-order valence-corrected chi connectivity index (χ0v) is 14.5. The fourth-order valence-electron chi connectivity index (χ4n) is 2.19. The Balaban J connectivity index is 1.77. The molecular formula is C17H15N5O3S. The van der Waals surface area contributed by atoms with Crippen LogP contribution >= 0.6 is 11.3 Å². The zero-order chi connectivity index (χ0) is 18.5. The number of hydrogen-bond donors (Lipinski definition) is 3. The van der Waals surface area contributed by atoms with Gasteiger partial charge in [-0.3, -0.25) is 19.5 Å². The van der Waals surface area contributed by atoms with Crippen molar-refractivity contribution in [1.29, 1.82) is 0 Å². The molecule has 0 bridgehead atoms. The van der Waals surface area contributed by atoms with E-state index in [4.69, 9.17) is 5.21 Å². The summed E-state index contributed by atoms with van der Waals surface area (Å²) in [5.41, 5.74) is 3.52. The highest BCUT2D eigenvalue weighted by Gasteiger charge is 2.14. The number of anilines is 1. The summed E-state index contributed by atoms with van der Waals surface area (Å²) in [6, 6.07) is 7.01. The van der Waals surface area contributed by atoms with E-state index in [0.29, 0.717) is 21.1 Å². The molecule has 3 aromatic rings. The second kappa shape index (κ2) is 7.72. The number of carbonyl (C=O) groups excluding carboxylic acids is 2.